The first-order valence-electron chi connectivity index (χ1n) is 7.40. The maximum Gasteiger partial charge on any atom is 0.222 e. The van der Waals surface area contributed by atoms with E-state index >= 15 is 0 Å². The van der Waals surface area contributed by atoms with Crippen LogP contribution in [0.15, 0.2) is 58.8 Å². The van der Waals surface area contributed by atoms with E-state index in [9.17, 15) is 8.42 Å². The second-order valence-corrected chi connectivity index (χ2v) is 7.30. The summed E-state index contributed by atoms with van der Waals surface area (Å²) in [7, 11) is -3.65. The topological polar surface area (TPSA) is 72.2 Å². The molecule has 0 spiro atoms. The number of nitrogens with zero attached hydrogens (tertiary/aromatic N) is 2. The summed E-state index contributed by atoms with van der Waals surface area (Å²) in [4.78, 5) is 4.42. The maximum absolute atomic E-state index is 13.1. The van der Waals surface area contributed by atoms with Crippen molar-refractivity contribution >= 4 is 20.6 Å². The van der Waals surface area contributed by atoms with Gasteiger partial charge in [0.25, 0.3) is 0 Å². The van der Waals surface area contributed by atoms with E-state index in [1.807, 2.05) is 13.0 Å². The van der Waals surface area contributed by atoms with Crippen molar-refractivity contribution in [1.82, 2.24) is 9.55 Å². The lowest BCUT2D eigenvalue weighted by Gasteiger charge is -2.12. The standard InChI is InChI=1S/C17H18N2O3S/c1-13-11-18-12-14-5-2-6-15(17(13)14)23(21,22)16-7-3-8-19(16)9-4-10-20/h2-3,5-8,11-12,20H,4,9-10H2,1H3. The molecule has 2 aromatic heterocycles. The van der Waals surface area contributed by atoms with Crippen LogP contribution in [0.4, 0.5) is 0 Å². The fraction of sp³-hybridized carbons (Fsp3) is 0.235. The number of fused-ring (bicyclic) bond motifs is 1. The monoisotopic (exact) mass is 330 g/mol. The quantitative estimate of drug-likeness (QED) is 0.780. The van der Waals surface area contributed by atoms with E-state index in [0.717, 1.165) is 10.9 Å². The van der Waals surface area contributed by atoms with Crippen LogP contribution in [0, 0.1) is 6.92 Å². The number of sulfone groups is 1. The van der Waals surface area contributed by atoms with Crippen LogP contribution in [0.25, 0.3) is 10.8 Å². The van der Waals surface area contributed by atoms with Crippen molar-refractivity contribution in [3.8, 4) is 0 Å². The average molecular weight is 330 g/mol. The first kappa shape index (κ1) is 15.7. The van der Waals surface area contributed by atoms with Gasteiger partial charge in [-0.1, -0.05) is 12.1 Å². The van der Waals surface area contributed by atoms with Gasteiger partial charge in [0.2, 0.25) is 9.84 Å². The SMILES string of the molecule is Cc1cncc2cccc(S(=O)(=O)c3cccn3CCCO)c12. The molecule has 0 aliphatic heterocycles. The largest absolute Gasteiger partial charge is 0.396 e. The van der Waals surface area contributed by atoms with Crippen molar-refractivity contribution in [1.29, 1.82) is 0 Å². The van der Waals surface area contributed by atoms with Crippen molar-refractivity contribution in [2.75, 3.05) is 6.61 Å². The second kappa shape index (κ2) is 6.14. The third-order valence-corrected chi connectivity index (χ3v) is 5.68. The highest BCUT2D eigenvalue weighted by Crippen LogP contribution is 2.30. The molecule has 6 heteroatoms. The normalized spacial score (nSPS) is 11.9. The number of hydrogen-bond acceptors (Lipinski definition) is 4. The van der Waals surface area contributed by atoms with Gasteiger partial charge in [0.1, 0.15) is 5.03 Å². The van der Waals surface area contributed by atoms with E-state index in [1.54, 1.807) is 47.4 Å². The molecule has 23 heavy (non-hydrogen) atoms. The van der Waals surface area contributed by atoms with Gasteiger partial charge in [-0.05, 0) is 37.1 Å². The molecule has 0 aliphatic carbocycles. The van der Waals surface area contributed by atoms with Gasteiger partial charge in [0, 0.05) is 42.5 Å². The van der Waals surface area contributed by atoms with E-state index < -0.39 is 9.84 Å². The molecule has 0 atom stereocenters. The number of aryl methyl sites for hydroxylation is 2. The molecule has 1 N–H and O–H groups in total. The van der Waals surface area contributed by atoms with Crippen LogP contribution in [0.1, 0.15) is 12.0 Å². The zero-order valence-electron chi connectivity index (χ0n) is 12.8. The smallest absolute Gasteiger partial charge is 0.222 e. The van der Waals surface area contributed by atoms with Crippen molar-refractivity contribution in [3.05, 3.63) is 54.5 Å². The van der Waals surface area contributed by atoms with E-state index in [1.165, 1.54) is 0 Å². The van der Waals surface area contributed by atoms with Crippen molar-refractivity contribution in [2.45, 2.75) is 29.8 Å². The first-order chi connectivity index (χ1) is 11.1. The summed E-state index contributed by atoms with van der Waals surface area (Å²) in [5, 5.41) is 10.7. The van der Waals surface area contributed by atoms with Gasteiger partial charge in [-0.25, -0.2) is 8.42 Å². The first-order valence-corrected chi connectivity index (χ1v) is 8.88. The zero-order valence-corrected chi connectivity index (χ0v) is 13.6. The third kappa shape index (κ3) is 2.75. The maximum atomic E-state index is 13.1. The molecule has 0 bridgehead atoms. The highest BCUT2D eigenvalue weighted by molar-refractivity contribution is 7.91. The lowest BCUT2D eigenvalue weighted by molar-refractivity contribution is 0.278. The summed E-state index contributed by atoms with van der Waals surface area (Å²) in [6.07, 6.45) is 5.58. The summed E-state index contributed by atoms with van der Waals surface area (Å²) in [6, 6.07) is 8.54. The van der Waals surface area contributed by atoms with Gasteiger partial charge in [-0.15, -0.1) is 0 Å². The molecule has 3 aromatic rings. The van der Waals surface area contributed by atoms with E-state index in [4.69, 9.17) is 5.11 Å². The van der Waals surface area contributed by atoms with E-state index in [0.29, 0.717) is 23.2 Å². The van der Waals surface area contributed by atoms with Gasteiger partial charge in [-0.2, -0.15) is 0 Å². The Bertz CT molecular complexity index is 940. The van der Waals surface area contributed by atoms with Gasteiger partial charge in [0.05, 0.1) is 4.90 Å². The summed E-state index contributed by atoms with van der Waals surface area (Å²) in [6.45, 7) is 2.35. The van der Waals surface area contributed by atoms with Crippen LogP contribution in [-0.2, 0) is 16.4 Å². The molecule has 5 nitrogen and oxygen atoms in total. The van der Waals surface area contributed by atoms with Gasteiger partial charge < -0.3 is 9.67 Å². The number of aliphatic hydroxyl groups is 1. The minimum atomic E-state index is -3.65. The molecule has 120 valence electrons. The Morgan fingerprint density at radius 1 is 1.17 bits per heavy atom. The number of pyridine rings is 1. The number of aromatic nitrogens is 2. The fourth-order valence-corrected chi connectivity index (χ4v) is 4.53. The summed E-state index contributed by atoms with van der Waals surface area (Å²) < 4.78 is 28.0. The number of hydrogen-bond donors (Lipinski definition) is 1. The molecule has 2 heterocycles. The molecule has 0 aliphatic rings. The van der Waals surface area contributed by atoms with Crippen LogP contribution in [0.2, 0.25) is 0 Å². The summed E-state index contributed by atoms with van der Waals surface area (Å²) in [5.41, 5.74) is 0.829. The van der Waals surface area contributed by atoms with Gasteiger partial charge in [0.15, 0.2) is 0 Å². The predicted octanol–water partition coefficient (Wildman–Crippen LogP) is 2.56. The molecule has 0 saturated heterocycles. The Morgan fingerprint density at radius 2 is 2.00 bits per heavy atom. The summed E-state index contributed by atoms with van der Waals surface area (Å²) in [5.74, 6) is 0. The van der Waals surface area contributed by atoms with Crippen LogP contribution < -0.4 is 0 Å². The molecule has 0 fully saturated rings. The van der Waals surface area contributed by atoms with Gasteiger partial charge in [-0.3, -0.25) is 4.98 Å². The van der Waals surface area contributed by atoms with Crippen LogP contribution in [-0.4, -0.2) is 29.7 Å². The van der Waals surface area contributed by atoms with Crippen LogP contribution in [0.3, 0.4) is 0 Å². The van der Waals surface area contributed by atoms with Gasteiger partial charge >= 0.3 is 0 Å². The third-order valence-electron chi connectivity index (χ3n) is 3.84. The average Bonchev–Trinajstić information content (AvgIpc) is 3.02. The zero-order chi connectivity index (χ0) is 16.4. The Balaban J connectivity index is 2.20. The lowest BCUT2D eigenvalue weighted by atomic mass is 10.1. The molecular formula is C17H18N2O3S. The molecule has 3 rings (SSSR count). The Hall–Kier alpha value is -2.18. The Kier molecular flexibility index (Phi) is 4.19. The molecule has 0 amide bonds. The van der Waals surface area contributed by atoms with Crippen molar-refractivity contribution in [3.63, 3.8) is 0 Å². The van der Waals surface area contributed by atoms with Crippen LogP contribution >= 0.6 is 0 Å². The van der Waals surface area contributed by atoms with Crippen LogP contribution in [0.5, 0.6) is 0 Å². The summed E-state index contributed by atoms with van der Waals surface area (Å²) >= 11 is 0. The minimum absolute atomic E-state index is 0.0245. The predicted molar refractivity (Wildman–Crippen MR) is 88.1 cm³/mol. The second-order valence-electron chi connectivity index (χ2n) is 5.43. The molecule has 1 aromatic carbocycles. The molecule has 0 saturated carbocycles. The molecule has 0 unspecified atom stereocenters. The van der Waals surface area contributed by atoms with Crippen molar-refractivity contribution in [2.24, 2.45) is 0 Å². The Labute approximate surface area is 135 Å². The number of aliphatic hydroxyl groups excluding tert-OH is 1. The van der Waals surface area contributed by atoms with E-state index in [-0.39, 0.29) is 11.6 Å². The Morgan fingerprint density at radius 3 is 2.78 bits per heavy atom. The van der Waals surface area contributed by atoms with E-state index in [2.05, 4.69) is 4.98 Å². The highest BCUT2D eigenvalue weighted by atomic mass is 32.2. The number of rotatable bonds is 5. The molecular weight excluding hydrogens is 312 g/mol. The number of benzene rings is 1. The fourth-order valence-electron chi connectivity index (χ4n) is 2.78. The highest BCUT2D eigenvalue weighted by Gasteiger charge is 2.24. The lowest BCUT2D eigenvalue weighted by Crippen LogP contribution is -2.11. The minimum Gasteiger partial charge on any atom is -0.396 e. The van der Waals surface area contributed by atoms with Crippen molar-refractivity contribution < 1.29 is 13.5 Å². The molecule has 0 radical (unpaired) electrons.